The van der Waals surface area contributed by atoms with Crippen molar-refractivity contribution in [3.8, 4) is 0 Å². The maximum Gasteiger partial charge on any atom is 0.228 e. The average molecular weight is 413 g/mol. The van der Waals surface area contributed by atoms with Gasteiger partial charge in [-0.05, 0) is 53.9 Å². The molecule has 0 radical (unpaired) electrons. The number of carbonyl (C=O) groups excluding carboxylic acids is 1. The molecule has 1 saturated heterocycles. The molecular weight excluding hydrogens is 391 g/mol. The van der Waals surface area contributed by atoms with Crippen LogP contribution in [-0.2, 0) is 11.3 Å². The second-order valence-corrected chi connectivity index (χ2v) is 8.17. The van der Waals surface area contributed by atoms with Crippen LogP contribution < -0.4 is 5.32 Å². The summed E-state index contributed by atoms with van der Waals surface area (Å²) in [5, 5.41) is 6.54. The molecular formula is C23H22Cl2N2O. The van der Waals surface area contributed by atoms with Crippen LogP contribution in [-0.4, -0.2) is 23.9 Å². The third-order valence-electron chi connectivity index (χ3n) is 5.34. The molecule has 1 heterocycles. The number of hydrogen-bond acceptors (Lipinski definition) is 2. The number of nitrogens with zero attached hydrogens (tertiary/aromatic N) is 1. The highest BCUT2D eigenvalue weighted by Gasteiger charge is 2.26. The maximum absolute atomic E-state index is 12.8. The van der Waals surface area contributed by atoms with Crippen LogP contribution in [0.1, 0.15) is 18.4 Å². The van der Waals surface area contributed by atoms with Crippen molar-refractivity contribution in [1.29, 1.82) is 0 Å². The molecule has 0 spiro atoms. The number of amides is 1. The van der Waals surface area contributed by atoms with Crippen LogP contribution in [0.5, 0.6) is 0 Å². The van der Waals surface area contributed by atoms with Gasteiger partial charge in [0.15, 0.2) is 0 Å². The Labute approximate surface area is 175 Å². The summed E-state index contributed by atoms with van der Waals surface area (Å²) in [5.41, 5.74) is 1.88. The first kappa shape index (κ1) is 19.3. The van der Waals surface area contributed by atoms with Crippen LogP contribution in [0, 0.1) is 5.92 Å². The number of anilines is 1. The van der Waals surface area contributed by atoms with Gasteiger partial charge in [-0.15, -0.1) is 0 Å². The largest absolute Gasteiger partial charge is 0.324 e. The van der Waals surface area contributed by atoms with E-state index >= 15 is 0 Å². The van der Waals surface area contributed by atoms with E-state index in [-0.39, 0.29) is 11.8 Å². The number of hydrogen-bond donors (Lipinski definition) is 1. The third-order valence-corrected chi connectivity index (χ3v) is 5.90. The van der Waals surface area contributed by atoms with Crippen molar-refractivity contribution >= 4 is 45.6 Å². The molecule has 1 atom stereocenters. The minimum atomic E-state index is -0.0567. The van der Waals surface area contributed by atoms with E-state index in [1.807, 2.05) is 0 Å². The number of benzene rings is 3. The van der Waals surface area contributed by atoms with Crippen molar-refractivity contribution in [2.24, 2.45) is 5.92 Å². The molecule has 0 saturated carbocycles. The normalized spacial score (nSPS) is 17.6. The Morgan fingerprint density at radius 2 is 1.89 bits per heavy atom. The molecule has 28 heavy (non-hydrogen) atoms. The average Bonchev–Trinajstić information content (AvgIpc) is 2.71. The van der Waals surface area contributed by atoms with Gasteiger partial charge >= 0.3 is 0 Å². The fraction of sp³-hybridized carbons (Fsp3) is 0.261. The summed E-state index contributed by atoms with van der Waals surface area (Å²) in [5.74, 6) is -0.0504. The zero-order chi connectivity index (χ0) is 19.5. The van der Waals surface area contributed by atoms with Crippen LogP contribution in [0.4, 0.5) is 5.69 Å². The van der Waals surface area contributed by atoms with E-state index in [2.05, 4.69) is 52.7 Å². The first-order valence-electron chi connectivity index (χ1n) is 9.55. The van der Waals surface area contributed by atoms with Crippen LogP contribution in [0.15, 0.2) is 60.7 Å². The van der Waals surface area contributed by atoms with Crippen molar-refractivity contribution in [3.05, 3.63) is 76.3 Å². The topological polar surface area (TPSA) is 32.3 Å². The highest BCUT2D eigenvalue weighted by Crippen LogP contribution is 2.28. The van der Waals surface area contributed by atoms with Crippen LogP contribution in [0.3, 0.4) is 0 Å². The maximum atomic E-state index is 12.8. The first-order valence-corrected chi connectivity index (χ1v) is 10.3. The Kier molecular flexibility index (Phi) is 5.86. The highest BCUT2D eigenvalue weighted by molar-refractivity contribution is 6.35. The molecule has 0 bridgehead atoms. The molecule has 1 aliphatic heterocycles. The SMILES string of the molecule is O=C(Nc1cc(Cl)ccc1Cl)C1CCCN(Cc2cccc3ccccc23)C1. The first-order chi connectivity index (χ1) is 13.6. The fourth-order valence-electron chi connectivity index (χ4n) is 3.91. The van der Waals surface area contributed by atoms with Crippen molar-refractivity contribution in [2.45, 2.75) is 19.4 Å². The Bertz CT molecular complexity index is 1000. The van der Waals surface area contributed by atoms with Gasteiger partial charge in [0.05, 0.1) is 16.6 Å². The molecule has 1 amide bonds. The smallest absolute Gasteiger partial charge is 0.228 e. The zero-order valence-corrected chi connectivity index (χ0v) is 17.0. The highest BCUT2D eigenvalue weighted by atomic mass is 35.5. The summed E-state index contributed by atoms with van der Waals surface area (Å²) >= 11 is 12.2. The molecule has 5 heteroatoms. The minimum absolute atomic E-state index is 0.00628. The third kappa shape index (κ3) is 4.33. The van der Waals surface area contributed by atoms with E-state index in [9.17, 15) is 4.79 Å². The predicted octanol–water partition coefficient (Wildman–Crippen LogP) is 6.00. The molecule has 3 nitrogen and oxygen atoms in total. The summed E-state index contributed by atoms with van der Waals surface area (Å²) in [7, 11) is 0. The number of halogens is 2. The van der Waals surface area contributed by atoms with Gasteiger partial charge in [-0.25, -0.2) is 0 Å². The Morgan fingerprint density at radius 1 is 1.07 bits per heavy atom. The summed E-state index contributed by atoms with van der Waals surface area (Å²) < 4.78 is 0. The lowest BCUT2D eigenvalue weighted by Crippen LogP contribution is -2.40. The molecule has 0 aliphatic carbocycles. The number of carbonyl (C=O) groups is 1. The number of piperidine rings is 1. The van der Waals surface area contributed by atoms with Gasteiger partial charge < -0.3 is 5.32 Å². The summed E-state index contributed by atoms with van der Waals surface area (Å²) in [4.78, 5) is 15.2. The van der Waals surface area contributed by atoms with E-state index < -0.39 is 0 Å². The molecule has 1 N–H and O–H groups in total. The molecule has 144 valence electrons. The Balaban J connectivity index is 1.45. The van der Waals surface area contributed by atoms with E-state index in [4.69, 9.17) is 23.2 Å². The zero-order valence-electron chi connectivity index (χ0n) is 15.5. The molecule has 1 unspecified atom stereocenters. The molecule has 3 aromatic carbocycles. The number of fused-ring (bicyclic) bond motifs is 1. The van der Waals surface area contributed by atoms with Crippen molar-refractivity contribution in [2.75, 3.05) is 18.4 Å². The van der Waals surface area contributed by atoms with Crippen LogP contribution in [0.2, 0.25) is 10.0 Å². The quantitative estimate of drug-likeness (QED) is 0.569. The van der Waals surface area contributed by atoms with Gasteiger partial charge in [0.2, 0.25) is 5.91 Å². The van der Waals surface area contributed by atoms with E-state index in [1.165, 1.54) is 16.3 Å². The van der Waals surface area contributed by atoms with Crippen molar-refractivity contribution in [3.63, 3.8) is 0 Å². The predicted molar refractivity (Wildman–Crippen MR) is 117 cm³/mol. The molecule has 3 aromatic rings. The molecule has 1 fully saturated rings. The van der Waals surface area contributed by atoms with Crippen molar-refractivity contribution in [1.82, 2.24) is 4.90 Å². The number of likely N-dealkylation sites (tertiary alicyclic amines) is 1. The lowest BCUT2D eigenvalue weighted by Gasteiger charge is -2.32. The Morgan fingerprint density at radius 3 is 2.79 bits per heavy atom. The number of rotatable bonds is 4. The van der Waals surface area contributed by atoms with Crippen LogP contribution in [0.25, 0.3) is 10.8 Å². The van der Waals surface area contributed by atoms with Crippen LogP contribution >= 0.6 is 23.2 Å². The summed E-state index contributed by atoms with van der Waals surface area (Å²) in [6, 6.07) is 20.0. The fourth-order valence-corrected chi connectivity index (χ4v) is 4.25. The van der Waals surface area contributed by atoms with Gasteiger partial charge in [-0.1, -0.05) is 65.7 Å². The van der Waals surface area contributed by atoms with Gasteiger partial charge in [-0.3, -0.25) is 9.69 Å². The minimum Gasteiger partial charge on any atom is -0.324 e. The van der Waals surface area contributed by atoms with Gasteiger partial charge in [-0.2, -0.15) is 0 Å². The van der Waals surface area contributed by atoms with E-state index in [0.29, 0.717) is 15.7 Å². The van der Waals surface area contributed by atoms with E-state index in [1.54, 1.807) is 18.2 Å². The van der Waals surface area contributed by atoms with Crippen molar-refractivity contribution < 1.29 is 4.79 Å². The van der Waals surface area contributed by atoms with Gasteiger partial charge in [0.1, 0.15) is 0 Å². The Hall–Kier alpha value is -2.07. The van der Waals surface area contributed by atoms with Gasteiger partial charge in [0, 0.05) is 18.1 Å². The van der Waals surface area contributed by atoms with Gasteiger partial charge in [0.25, 0.3) is 0 Å². The number of nitrogens with one attached hydrogen (secondary N) is 1. The summed E-state index contributed by atoms with van der Waals surface area (Å²) in [6.45, 7) is 2.60. The molecule has 0 aromatic heterocycles. The molecule has 4 rings (SSSR count). The summed E-state index contributed by atoms with van der Waals surface area (Å²) in [6.07, 6.45) is 1.89. The lowest BCUT2D eigenvalue weighted by molar-refractivity contribution is -0.121. The lowest BCUT2D eigenvalue weighted by atomic mass is 9.96. The monoisotopic (exact) mass is 412 g/mol. The molecule has 1 aliphatic rings. The second-order valence-electron chi connectivity index (χ2n) is 7.33. The second kappa shape index (κ2) is 8.52. The van der Waals surface area contributed by atoms with E-state index in [0.717, 1.165) is 32.5 Å². The standard InChI is InChI=1S/C23H22Cl2N2O/c24-19-10-11-21(25)22(13-19)26-23(28)18-8-4-12-27(15-18)14-17-7-3-6-16-5-1-2-9-20(16)17/h1-3,5-7,9-11,13,18H,4,8,12,14-15H2,(H,26,28).